The maximum Gasteiger partial charge on any atom is 0.234 e. The molecule has 0 aromatic rings. The minimum atomic E-state index is -2.02. The summed E-state index contributed by atoms with van der Waals surface area (Å²) in [6.45, 7) is -3.44. The molecule has 0 aliphatic carbocycles. The molecule has 0 unspecified atom stereocenters. The highest BCUT2D eigenvalue weighted by atomic mass is 16.8. The number of hydrogen-bond donors (Lipinski definition) is 26. The summed E-state index contributed by atoms with van der Waals surface area (Å²) in [7, 11) is 0. The van der Waals surface area contributed by atoms with Gasteiger partial charge in [-0.3, -0.25) is 29.0 Å². The highest BCUT2D eigenvalue weighted by Crippen LogP contribution is 2.34. The van der Waals surface area contributed by atoms with Crippen LogP contribution in [-0.4, -0.2) is 484 Å². The molecule has 3 amide bonds. The molecule has 0 aromatic carbocycles. The van der Waals surface area contributed by atoms with Gasteiger partial charge in [0.1, 0.15) is 171 Å². The van der Waals surface area contributed by atoms with Crippen molar-refractivity contribution in [1.82, 2.24) is 25.8 Å². The minimum absolute atomic E-state index is 0.0331. The summed E-state index contributed by atoms with van der Waals surface area (Å²) in [6.07, 6.45) is -56.2. The van der Waals surface area contributed by atoms with Crippen LogP contribution in [-0.2, 0) is 85.5 Å². The number of aliphatic hydroxyl groups is 23. The molecule has 35 atom stereocenters. The largest absolute Gasteiger partial charge is 0.394 e. The van der Waals surface area contributed by atoms with Gasteiger partial charge in [0.05, 0.1) is 85.2 Å². The van der Waals surface area contributed by atoms with Crippen LogP contribution in [0.1, 0.15) is 71.6 Å². The van der Waals surface area contributed by atoms with E-state index in [9.17, 15) is 137 Å². The van der Waals surface area contributed by atoms with E-state index in [-0.39, 0.29) is 51.7 Å². The van der Waals surface area contributed by atoms with Crippen LogP contribution in [0.4, 0.5) is 0 Å². The third-order valence-corrected chi connectivity index (χ3v) is 20.7. The number of nitrogens with one attached hydrogen (secondary N) is 3. The number of amides is 3. The normalized spacial score (nSPS) is 40.3. The van der Waals surface area contributed by atoms with Crippen LogP contribution in [0.5, 0.6) is 0 Å². The molecule has 26 N–H and O–H groups in total. The number of aliphatic hydroxyl groups excluding tert-OH is 23. The van der Waals surface area contributed by atoms with Crippen molar-refractivity contribution in [3.05, 3.63) is 0 Å². The number of ketones is 1. The SMILES string of the molecule is CCC(=O)CCCCCNC(=O)CN(CC(=O)NCCCCCCN(CCO[C@@H]1O[C@@H](C)[C@@H](O)[C@@H](O)[C@@H]1O)CCO[C@H]1O[C@H](CO[C@H]2O[C@H](CO)[C@@H](O)[C@H](O)[C@@H]2O)[C@@H](O)[C@H](O[C@H]2O[C@H](CO)[C@@H](O)[C@H](O)[C@@H]2O)[C@@H]1O)CC(=O)NCCO[C@H]1O[C@H](CO[C@H]2O[C@H](CO)[C@@H](O)[C@H](O)[C@@H]2O)[C@@H](O)[C@H](O[C@H]2O[C@H](CO)[C@@H](O)[C@H](O)[C@@H]2O)[C@@H]1O. The second kappa shape index (κ2) is 48.2. The predicted molar refractivity (Wildman–Crippen MR) is 372 cm³/mol. The Balaban J connectivity index is 0.944. The van der Waals surface area contributed by atoms with Gasteiger partial charge in [-0.2, -0.15) is 0 Å². The zero-order valence-electron chi connectivity index (χ0n) is 63.3. The van der Waals surface area contributed by atoms with Gasteiger partial charge < -0.3 is 200 Å². The zero-order valence-corrected chi connectivity index (χ0v) is 63.3. The fraction of sp³-hybridized carbons (Fsp3) is 0.941. The minimum Gasteiger partial charge on any atom is -0.394 e. The van der Waals surface area contributed by atoms with Crippen molar-refractivity contribution in [2.45, 2.75) is 287 Å². The van der Waals surface area contributed by atoms with Crippen LogP contribution in [0.2, 0.25) is 0 Å². The summed E-state index contributed by atoms with van der Waals surface area (Å²) >= 11 is 0. The van der Waals surface area contributed by atoms with Gasteiger partial charge in [-0.1, -0.05) is 26.2 Å². The first-order valence-electron chi connectivity index (χ1n) is 38.4. The van der Waals surface area contributed by atoms with Crippen molar-refractivity contribution in [1.29, 1.82) is 0 Å². The Morgan fingerprint density at radius 1 is 0.316 bits per heavy atom. The summed E-state index contributed by atoms with van der Waals surface area (Å²) in [5.41, 5.74) is 0. The molecule has 7 aliphatic rings. The summed E-state index contributed by atoms with van der Waals surface area (Å²) in [5, 5.41) is 251. The van der Waals surface area contributed by atoms with Gasteiger partial charge in [-0.05, 0) is 39.2 Å². The maximum atomic E-state index is 13.6. The molecule has 46 nitrogen and oxygen atoms in total. The Morgan fingerprint density at radius 3 is 1.04 bits per heavy atom. The van der Waals surface area contributed by atoms with Crippen LogP contribution >= 0.6 is 0 Å². The van der Waals surface area contributed by atoms with Crippen molar-refractivity contribution in [2.75, 3.05) is 118 Å². The fourth-order valence-corrected chi connectivity index (χ4v) is 13.6. The van der Waals surface area contributed by atoms with E-state index in [1.54, 1.807) is 6.92 Å². The van der Waals surface area contributed by atoms with E-state index in [1.807, 2.05) is 4.90 Å². The van der Waals surface area contributed by atoms with E-state index in [2.05, 4.69) is 16.0 Å². The smallest absolute Gasteiger partial charge is 0.234 e. The lowest BCUT2D eigenvalue weighted by atomic mass is 9.96. The van der Waals surface area contributed by atoms with E-state index >= 15 is 0 Å². The summed E-state index contributed by atoms with van der Waals surface area (Å²) < 4.78 is 79.6. The molecule has 0 aromatic heterocycles. The zero-order chi connectivity index (χ0) is 83.8. The molecule has 0 spiro atoms. The van der Waals surface area contributed by atoms with Crippen molar-refractivity contribution >= 4 is 23.5 Å². The lowest BCUT2D eigenvalue weighted by Gasteiger charge is -2.46. The van der Waals surface area contributed by atoms with Crippen molar-refractivity contribution in [3.63, 3.8) is 0 Å². The van der Waals surface area contributed by atoms with Gasteiger partial charge in [-0.25, -0.2) is 0 Å². The van der Waals surface area contributed by atoms with E-state index in [0.29, 0.717) is 64.3 Å². The van der Waals surface area contributed by atoms with Crippen molar-refractivity contribution in [2.24, 2.45) is 0 Å². The second-order valence-electron chi connectivity index (χ2n) is 29.2. The Kier molecular flexibility index (Phi) is 41.3. The lowest BCUT2D eigenvalue weighted by molar-refractivity contribution is -0.366. The number of ether oxygens (including phenoxy) is 14. The molecule has 7 fully saturated rings. The van der Waals surface area contributed by atoms with Gasteiger partial charge in [0.2, 0.25) is 17.7 Å². The van der Waals surface area contributed by atoms with Gasteiger partial charge >= 0.3 is 0 Å². The summed E-state index contributed by atoms with van der Waals surface area (Å²) in [6, 6.07) is 0. The van der Waals surface area contributed by atoms with E-state index in [0.717, 1.165) is 0 Å². The second-order valence-corrected chi connectivity index (χ2v) is 29.2. The molecular formula is C68H121N5O41. The van der Waals surface area contributed by atoms with E-state index in [4.69, 9.17) is 66.3 Å². The van der Waals surface area contributed by atoms with Crippen LogP contribution in [0.3, 0.4) is 0 Å². The van der Waals surface area contributed by atoms with Crippen LogP contribution in [0, 0.1) is 0 Å². The molecule has 7 rings (SSSR count). The molecule has 7 heterocycles. The first kappa shape index (κ1) is 97.6. The van der Waals surface area contributed by atoms with Crippen molar-refractivity contribution in [3.8, 4) is 0 Å². The Labute approximate surface area is 655 Å². The quantitative estimate of drug-likeness (QED) is 0.0252. The van der Waals surface area contributed by atoms with Gasteiger partial charge in [-0.15, -0.1) is 0 Å². The molecule has 7 saturated heterocycles. The van der Waals surface area contributed by atoms with E-state index < -0.39 is 299 Å². The van der Waals surface area contributed by atoms with Gasteiger partial charge in [0.15, 0.2) is 44.0 Å². The van der Waals surface area contributed by atoms with Crippen LogP contribution < -0.4 is 16.0 Å². The third-order valence-electron chi connectivity index (χ3n) is 20.7. The number of rotatable bonds is 46. The first-order valence-corrected chi connectivity index (χ1v) is 38.4. The topological polar surface area (TPSA) is 705 Å². The molecule has 0 bridgehead atoms. The molecule has 7 aliphatic heterocycles. The van der Waals surface area contributed by atoms with Crippen molar-refractivity contribution < 1.29 is 203 Å². The number of nitrogens with zero attached hydrogens (tertiary/aromatic N) is 2. The number of unbranched alkanes of at least 4 members (excludes halogenated alkanes) is 5. The average molecular weight is 1660 g/mol. The first-order chi connectivity index (χ1) is 54.3. The Hall–Kier alpha value is -3.48. The fourth-order valence-electron chi connectivity index (χ4n) is 13.6. The van der Waals surface area contributed by atoms with Gasteiger partial charge in [0.25, 0.3) is 0 Å². The maximum absolute atomic E-state index is 13.6. The highest BCUT2D eigenvalue weighted by molar-refractivity contribution is 5.84. The molecule has 664 valence electrons. The molecule has 0 saturated carbocycles. The summed E-state index contributed by atoms with van der Waals surface area (Å²) in [5.74, 6) is -1.75. The van der Waals surface area contributed by atoms with Gasteiger partial charge in [0, 0.05) is 45.6 Å². The number of carbonyl (C=O) groups excluding carboxylic acids is 4. The van der Waals surface area contributed by atoms with Crippen LogP contribution in [0.15, 0.2) is 0 Å². The number of hydrogen-bond acceptors (Lipinski definition) is 43. The lowest BCUT2D eigenvalue weighted by Crippen LogP contribution is -2.65. The standard InChI is InChI=1S/C68H121N5O41/c1-3-31(78)11-7-6-9-13-70-39(80)22-73(23-40(81)71-14-18-101-65-58(99)60(113-67-56(97)51(92)44(85)34(26-76)109-67)46(87)36(111-65)28-104-63-54(95)49(90)42(83)32(24-74)107-63)21-38(79)69-12-8-4-5-10-15-72(16-19-102-62-53(94)48(89)41(82)30(2)106-62)17-20-103-66-59(100)61(114-68-57(98)52(93)45(86)35(27-77)110-68)47(88)37(112-66)29-105-64-55(96)50(91)43(84)33(25-75)108-64/h30,32-37,41-68,74-77,82-100H,3-29H2,1-2H3,(H,69,79)(H,70,80)(H,71,81)/t30-,32+,33+,34+,35+,36+,37+,41+,42+,43+,44+,45+,46+,47+,48+,49-,50-,51-,52-,53-,54-,55-,56-,57-,58-,59-,60-,61-,62+,63-,64-,65-,66-,67+,68+/m0/s1. The predicted octanol–water partition coefficient (Wildman–Crippen LogP) is -15.2. The highest BCUT2D eigenvalue weighted by Gasteiger charge is 2.55. The molecular weight excluding hydrogens is 1540 g/mol. The van der Waals surface area contributed by atoms with E-state index in [1.165, 1.54) is 11.8 Å². The van der Waals surface area contributed by atoms with Crippen LogP contribution in [0.25, 0.3) is 0 Å². The third kappa shape index (κ3) is 27.3. The Bertz CT molecular complexity index is 2790. The monoisotopic (exact) mass is 1660 g/mol. The molecule has 114 heavy (non-hydrogen) atoms. The summed E-state index contributed by atoms with van der Waals surface area (Å²) in [4.78, 5) is 55.4. The Morgan fingerprint density at radius 2 is 0.640 bits per heavy atom. The molecule has 46 heteroatoms. The average Bonchev–Trinajstić information content (AvgIpc) is 0.790. The number of Topliss-reactive ketones (excluding diaryl/α,β-unsaturated/α-hetero) is 1. The number of carbonyl (C=O) groups is 4. The molecule has 0 radical (unpaired) electrons.